The predicted octanol–water partition coefficient (Wildman–Crippen LogP) is 3.72. The number of hydrogen-bond donors (Lipinski definition) is 1. The molecule has 0 aliphatic carbocycles. The van der Waals surface area contributed by atoms with E-state index in [0.29, 0.717) is 17.1 Å². The van der Waals surface area contributed by atoms with Gasteiger partial charge in [-0.05, 0) is 23.3 Å². The van der Waals surface area contributed by atoms with Crippen LogP contribution < -0.4 is 19.5 Å². The summed E-state index contributed by atoms with van der Waals surface area (Å²) in [6.07, 6.45) is -4.35. The molecule has 2 rings (SSSR count). The van der Waals surface area contributed by atoms with Crippen molar-refractivity contribution in [2.75, 3.05) is 27.9 Å². The van der Waals surface area contributed by atoms with Gasteiger partial charge in [0.15, 0.2) is 11.5 Å². The number of benzene rings is 2. The number of hydrogen-bond acceptors (Lipinski definition) is 5. The van der Waals surface area contributed by atoms with Crippen LogP contribution in [-0.4, -0.2) is 40.0 Å². The molecule has 1 N–H and O–H groups in total. The third kappa shape index (κ3) is 6.28. The summed E-state index contributed by atoms with van der Waals surface area (Å²) >= 11 is 0. The summed E-state index contributed by atoms with van der Waals surface area (Å²) in [4.78, 5) is 12.6. The predicted molar refractivity (Wildman–Crippen MR) is 99.4 cm³/mol. The maximum absolute atomic E-state index is 12.6. The second-order valence-electron chi connectivity index (χ2n) is 5.99. The fraction of sp³-hybridized carbons (Fsp3) is 0.350. The van der Waals surface area contributed by atoms with E-state index in [0.717, 1.165) is 5.56 Å². The Kier molecular flexibility index (Phi) is 7.72. The van der Waals surface area contributed by atoms with E-state index in [1.807, 2.05) is 0 Å². The van der Waals surface area contributed by atoms with E-state index in [-0.39, 0.29) is 30.4 Å². The van der Waals surface area contributed by atoms with Gasteiger partial charge in [-0.25, -0.2) is 0 Å². The number of alkyl halides is 3. The Morgan fingerprint density at radius 3 is 2.07 bits per heavy atom. The van der Waals surface area contributed by atoms with Crippen molar-refractivity contribution in [1.82, 2.24) is 5.32 Å². The lowest BCUT2D eigenvalue weighted by Crippen LogP contribution is -2.23. The molecule has 0 heterocycles. The average Bonchev–Trinajstić information content (AvgIpc) is 2.70. The van der Waals surface area contributed by atoms with Crippen LogP contribution in [0.15, 0.2) is 36.4 Å². The normalized spacial score (nSPS) is 11.1. The van der Waals surface area contributed by atoms with Crippen molar-refractivity contribution >= 4 is 5.91 Å². The third-order valence-corrected chi connectivity index (χ3v) is 3.96. The molecule has 2 aromatic rings. The van der Waals surface area contributed by atoms with Gasteiger partial charge in [-0.1, -0.05) is 24.3 Å². The van der Waals surface area contributed by atoms with Crippen molar-refractivity contribution in [3.8, 4) is 17.2 Å². The lowest BCUT2D eigenvalue weighted by Gasteiger charge is -2.15. The zero-order valence-corrected chi connectivity index (χ0v) is 16.3. The molecule has 0 saturated carbocycles. The Labute approximate surface area is 166 Å². The van der Waals surface area contributed by atoms with Gasteiger partial charge >= 0.3 is 6.18 Å². The van der Waals surface area contributed by atoms with E-state index in [1.54, 1.807) is 36.4 Å². The lowest BCUT2D eigenvalue weighted by molar-refractivity contribution is -0.176. The van der Waals surface area contributed by atoms with E-state index in [9.17, 15) is 18.0 Å². The van der Waals surface area contributed by atoms with E-state index < -0.39 is 12.8 Å². The molecule has 2 aromatic carbocycles. The standard InChI is InChI=1S/C20H22F3NO5/c1-26-16-9-8-15(17(27-2)18(16)28-3)19(25)24-10-13-4-6-14(7-5-13)11-29-12-20(21,22)23/h4-9H,10-12H2,1-3H3,(H,24,25). The van der Waals surface area contributed by atoms with Crippen LogP contribution in [0.2, 0.25) is 0 Å². The molecule has 0 aliphatic heterocycles. The van der Waals surface area contributed by atoms with Crippen LogP contribution in [0.5, 0.6) is 17.2 Å². The number of methoxy groups -OCH3 is 3. The molecule has 0 spiro atoms. The number of amides is 1. The van der Waals surface area contributed by atoms with Gasteiger partial charge in [0.25, 0.3) is 5.91 Å². The molecule has 0 fully saturated rings. The van der Waals surface area contributed by atoms with Crippen molar-refractivity contribution < 1.29 is 36.9 Å². The molecule has 0 saturated heterocycles. The molecule has 1 amide bonds. The monoisotopic (exact) mass is 413 g/mol. The first-order valence-corrected chi connectivity index (χ1v) is 8.58. The summed E-state index contributed by atoms with van der Waals surface area (Å²) in [6, 6.07) is 9.88. The number of halogens is 3. The largest absolute Gasteiger partial charge is 0.493 e. The summed E-state index contributed by atoms with van der Waals surface area (Å²) in [5.41, 5.74) is 1.66. The SMILES string of the molecule is COc1ccc(C(=O)NCc2ccc(COCC(F)(F)F)cc2)c(OC)c1OC. The number of rotatable bonds is 9. The summed E-state index contributed by atoms with van der Waals surface area (Å²) in [7, 11) is 4.35. The van der Waals surface area contributed by atoms with E-state index in [4.69, 9.17) is 14.2 Å². The number of nitrogens with one attached hydrogen (secondary N) is 1. The first-order chi connectivity index (χ1) is 13.8. The molecule has 0 aromatic heterocycles. The molecule has 0 aliphatic rings. The second kappa shape index (κ2) is 10.0. The van der Waals surface area contributed by atoms with Gasteiger partial charge in [-0.15, -0.1) is 0 Å². The maximum atomic E-state index is 12.6. The molecule has 0 atom stereocenters. The first-order valence-electron chi connectivity index (χ1n) is 8.58. The van der Waals surface area contributed by atoms with E-state index >= 15 is 0 Å². The summed E-state index contributed by atoms with van der Waals surface area (Å²) < 4.78 is 56.7. The highest BCUT2D eigenvalue weighted by Gasteiger charge is 2.27. The van der Waals surface area contributed by atoms with Crippen LogP contribution >= 0.6 is 0 Å². The van der Waals surface area contributed by atoms with Gasteiger partial charge in [-0.2, -0.15) is 13.2 Å². The molecule has 158 valence electrons. The lowest BCUT2D eigenvalue weighted by atomic mass is 10.1. The Balaban J connectivity index is 1.99. The smallest absolute Gasteiger partial charge is 0.411 e. The van der Waals surface area contributed by atoms with Crippen molar-refractivity contribution in [1.29, 1.82) is 0 Å². The first kappa shape index (κ1) is 22.4. The Morgan fingerprint density at radius 1 is 0.897 bits per heavy atom. The van der Waals surface area contributed by atoms with E-state index in [2.05, 4.69) is 10.1 Å². The van der Waals surface area contributed by atoms with Gasteiger partial charge in [0.05, 0.1) is 33.5 Å². The van der Waals surface area contributed by atoms with Crippen LogP contribution in [0.3, 0.4) is 0 Å². The summed E-state index contributed by atoms with van der Waals surface area (Å²) in [6.45, 7) is -1.22. The van der Waals surface area contributed by atoms with Gasteiger partial charge in [0, 0.05) is 6.54 Å². The van der Waals surface area contributed by atoms with Crippen LogP contribution in [0, 0.1) is 0 Å². The Bertz CT molecular complexity index is 822. The molecular weight excluding hydrogens is 391 g/mol. The molecule has 6 nitrogen and oxygen atoms in total. The van der Waals surface area contributed by atoms with Gasteiger partial charge < -0.3 is 24.3 Å². The van der Waals surface area contributed by atoms with Crippen molar-refractivity contribution in [2.24, 2.45) is 0 Å². The Morgan fingerprint density at radius 2 is 1.52 bits per heavy atom. The highest BCUT2D eigenvalue weighted by molar-refractivity contribution is 5.98. The Hall–Kier alpha value is -2.94. The number of carbonyl (C=O) groups is 1. The zero-order chi connectivity index (χ0) is 21.4. The average molecular weight is 413 g/mol. The van der Waals surface area contributed by atoms with Gasteiger partial charge in [0.1, 0.15) is 6.61 Å². The maximum Gasteiger partial charge on any atom is 0.411 e. The minimum atomic E-state index is -4.35. The highest BCUT2D eigenvalue weighted by Crippen LogP contribution is 2.39. The molecule has 29 heavy (non-hydrogen) atoms. The highest BCUT2D eigenvalue weighted by atomic mass is 19.4. The van der Waals surface area contributed by atoms with E-state index in [1.165, 1.54) is 21.3 Å². The molecule has 0 unspecified atom stereocenters. The van der Waals surface area contributed by atoms with Gasteiger partial charge in [-0.3, -0.25) is 4.79 Å². The molecule has 0 bridgehead atoms. The second-order valence-corrected chi connectivity index (χ2v) is 5.99. The molecular formula is C20H22F3NO5. The topological polar surface area (TPSA) is 66.0 Å². The summed E-state index contributed by atoms with van der Waals surface area (Å²) in [5, 5.41) is 2.77. The summed E-state index contributed by atoms with van der Waals surface area (Å²) in [5.74, 6) is 0.622. The van der Waals surface area contributed by atoms with Crippen LogP contribution in [0.1, 0.15) is 21.5 Å². The molecule has 9 heteroatoms. The zero-order valence-electron chi connectivity index (χ0n) is 16.3. The van der Waals surface area contributed by atoms with Crippen molar-refractivity contribution in [3.63, 3.8) is 0 Å². The minimum absolute atomic E-state index is 0.144. The van der Waals surface area contributed by atoms with Crippen molar-refractivity contribution in [2.45, 2.75) is 19.3 Å². The fourth-order valence-electron chi connectivity index (χ4n) is 2.60. The van der Waals surface area contributed by atoms with Crippen LogP contribution in [-0.2, 0) is 17.9 Å². The van der Waals surface area contributed by atoms with Gasteiger partial charge in [0.2, 0.25) is 5.75 Å². The third-order valence-electron chi connectivity index (χ3n) is 3.96. The van der Waals surface area contributed by atoms with Crippen LogP contribution in [0.4, 0.5) is 13.2 Å². The quantitative estimate of drug-likeness (QED) is 0.679. The minimum Gasteiger partial charge on any atom is -0.493 e. The van der Waals surface area contributed by atoms with Crippen LogP contribution in [0.25, 0.3) is 0 Å². The fourth-order valence-corrected chi connectivity index (χ4v) is 2.60. The number of ether oxygens (including phenoxy) is 4. The number of carbonyl (C=O) groups excluding carboxylic acids is 1. The van der Waals surface area contributed by atoms with Crippen molar-refractivity contribution in [3.05, 3.63) is 53.1 Å². The molecule has 0 radical (unpaired) electrons.